The minimum Gasteiger partial charge on any atom is -0.337 e. The fourth-order valence-electron chi connectivity index (χ4n) is 3.49. The van der Waals surface area contributed by atoms with Crippen LogP contribution in [0.15, 0.2) is 93.2 Å². The van der Waals surface area contributed by atoms with Crippen LogP contribution in [-0.4, -0.2) is 32.0 Å². The summed E-state index contributed by atoms with van der Waals surface area (Å²) in [7, 11) is -7.88. The number of rotatable bonds is 8. The van der Waals surface area contributed by atoms with Crippen molar-refractivity contribution in [3.63, 3.8) is 0 Å². The quantitative estimate of drug-likeness (QED) is 0.252. The molecule has 0 aliphatic carbocycles. The first-order valence-corrected chi connectivity index (χ1v) is 14.3. The van der Waals surface area contributed by atoms with E-state index < -0.39 is 20.0 Å². The van der Waals surface area contributed by atoms with Gasteiger partial charge >= 0.3 is 0 Å². The number of nitrogens with one attached hydrogen (secondary N) is 3. The predicted octanol–water partition coefficient (Wildman–Crippen LogP) is 4.58. The summed E-state index contributed by atoms with van der Waals surface area (Å²) in [5.41, 5.74) is 2.66. The van der Waals surface area contributed by atoms with Crippen molar-refractivity contribution < 1.29 is 21.4 Å². The zero-order valence-electron chi connectivity index (χ0n) is 20.2. The standard InChI is InChI=1S/C25H22N6O5S2/c1-16-17(2)29-36-25(16)31-38(34,35)20-14-12-18(13-15-20)26-23-24(28-22-11-7-6-10-21(22)27-23)30-37(32,33)19-8-4-3-5-9-19/h3-15,31H,1-2H3,(H,26,27)(H,28,30). The van der Waals surface area contributed by atoms with Crippen molar-refractivity contribution in [1.82, 2.24) is 15.1 Å². The Morgan fingerprint density at radius 2 is 1.21 bits per heavy atom. The van der Waals surface area contributed by atoms with Gasteiger partial charge in [-0.1, -0.05) is 35.5 Å². The second-order valence-electron chi connectivity index (χ2n) is 8.31. The highest BCUT2D eigenvalue weighted by Crippen LogP contribution is 2.28. The minimum atomic E-state index is -3.95. The average Bonchev–Trinajstić information content (AvgIpc) is 3.21. The molecule has 0 radical (unpaired) electrons. The fourth-order valence-corrected chi connectivity index (χ4v) is 5.57. The van der Waals surface area contributed by atoms with Crippen molar-refractivity contribution in [3.8, 4) is 0 Å². The van der Waals surface area contributed by atoms with Crippen molar-refractivity contribution in [3.05, 3.63) is 90.1 Å². The van der Waals surface area contributed by atoms with Crippen LogP contribution in [0.3, 0.4) is 0 Å². The SMILES string of the molecule is Cc1noc(NS(=O)(=O)c2ccc(Nc3nc4ccccc4nc3NS(=O)(=O)c3ccccc3)cc2)c1C. The number of hydrogen-bond acceptors (Lipinski definition) is 9. The largest absolute Gasteiger partial charge is 0.337 e. The Kier molecular flexibility index (Phi) is 6.46. The Balaban J connectivity index is 1.45. The number of benzene rings is 3. The third-order valence-electron chi connectivity index (χ3n) is 5.67. The molecule has 5 aromatic rings. The lowest BCUT2D eigenvalue weighted by atomic mass is 10.3. The van der Waals surface area contributed by atoms with Gasteiger partial charge in [-0.15, -0.1) is 0 Å². The zero-order valence-corrected chi connectivity index (χ0v) is 21.8. The predicted molar refractivity (Wildman–Crippen MR) is 143 cm³/mol. The van der Waals surface area contributed by atoms with E-state index in [4.69, 9.17) is 4.52 Å². The highest BCUT2D eigenvalue weighted by molar-refractivity contribution is 7.93. The number of aryl methyl sites for hydroxylation is 1. The summed E-state index contributed by atoms with van der Waals surface area (Å²) >= 11 is 0. The van der Waals surface area contributed by atoms with Crippen LogP contribution in [0.2, 0.25) is 0 Å². The van der Waals surface area contributed by atoms with Gasteiger partial charge in [-0.25, -0.2) is 31.5 Å². The molecule has 0 saturated heterocycles. The third kappa shape index (κ3) is 5.14. The molecule has 0 aliphatic heterocycles. The lowest BCUT2D eigenvalue weighted by Crippen LogP contribution is -2.16. The van der Waals surface area contributed by atoms with Gasteiger partial charge in [-0.05, 0) is 62.4 Å². The summed E-state index contributed by atoms with van der Waals surface area (Å²) in [5.74, 6) is 0.179. The van der Waals surface area contributed by atoms with Gasteiger partial charge in [-0.3, -0.25) is 4.72 Å². The Labute approximate surface area is 219 Å². The van der Waals surface area contributed by atoms with E-state index in [0.29, 0.717) is 28.0 Å². The van der Waals surface area contributed by atoms with Crippen molar-refractivity contribution in [2.75, 3.05) is 14.8 Å². The number of fused-ring (bicyclic) bond motifs is 1. The maximum Gasteiger partial charge on any atom is 0.264 e. The van der Waals surface area contributed by atoms with Crippen LogP contribution < -0.4 is 14.8 Å². The van der Waals surface area contributed by atoms with Gasteiger partial charge < -0.3 is 9.84 Å². The van der Waals surface area contributed by atoms with Crippen LogP contribution in [-0.2, 0) is 20.0 Å². The highest BCUT2D eigenvalue weighted by atomic mass is 32.2. The first kappa shape index (κ1) is 25.2. The molecule has 0 amide bonds. The van der Waals surface area contributed by atoms with Crippen molar-refractivity contribution in [2.24, 2.45) is 0 Å². The Morgan fingerprint density at radius 3 is 1.82 bits per heavy atom. The lowest BCUT2D eigenvalue weighted by molar-refractivity contribution is 0.430. The molecule has 3 N–H and O–H groups in total. The third-order valence-corrected chi connectivity index (χ3v) is 8.37. The van der Waals surface area contributed by atoms with Crippen molar-refractivity contribution >= 4 is 54.3 Å². The van der Waals surface area contributed by atoms with Crippen molar-refractivity contribution in [2.45, 2.75) is 23.6 Å². The van der Waals surface area contributed by atoms with Crippen LogP contribution in [0.1, 0.15) is 11.3 Å². The maximum absolute atomic E-state index is 13.0. The van der Waals surface area contributed by atoms with Gasteiger partial charge in [0, 0.05) is 11.3 Å². The van der Waals surface area contributed by atoms with E-state index in [-0.39, 0.29) is 27.3 Å². The molecule has 0 unspecified atom stereocenters. The molecule has 0 atom stereocenters. The van der Waals surface area contributed by atoms with Crippen LogP contribution in [0.4, 0.5) is 23.2 Å². The Bertz CT molecular complexity index is 1840. The molecule has 38 heavy (non-hydrogen) atoms. The van der Waals surface area contributed by atoms with Gasteiger partial charge in [0.25, 0.3) is 20.0 Å². The first-order valence-electron chi connectivity index (χ1n) is 11.3. The molecule has 0 fully saturated rings. The lowest BCUT2D eigenvalue weighted by Gasteiger charge is -2.14. The monoisotopic (exact) mass is 550 g/mol. The topological polar surface area (TPSA) is 156 Å². The molecule has 0 bridgehead atoms. The number of hydrogen-bond donors (Lipinski definition) is 3. The van der Waals surface area contributed by atoms with Gasteiger partial charge in [0.05, 0.1) is 26.5 Å². The molecule has 2 aromatic heterocycles. The van der Waals surface area contributed by atoms with E-state index in [1.165, 1.54) is 36.4 Å². The van der Waals surface area contributed by atoms with E-state index in [1.807, 2.05) is 0 Å². The Morgan fingerprint density at radius 1 is 0.658 bits per heavy atom. The fraction of sp³-hybridized carbons (Fsp3) is 0.0800. The molecule has 0 aliphatic rings. The van der Waals surface area contributed by atoms with E-state index in [2.05, 4.69) is 29.9 Å². The van der Waals surface area contributed by atoms with Crippen LogP contribution in [0, 0.1) is 13.8 Å². The van der Waals surface area contributed by atoms with Crippen LogP contribution in [0.25, 0.3) is 11.0 Å². The summed E-state index contributed by atoms with van der Waals surface area (Å²) in [6, 6.07) is 20.8. The molecular weight excluding hydrogens is 528 g/mol. The van der Waals surface area contributed by atoms with E-state index in [1.54, 1.807) is 56.3 Å². The number of anilines is 4. The Hall–Kier alpha value is -4.49. The van der Waals surface area contributed by atoms with Gasteiger partial charge in [0.1, 0.15) is 0 Å². The van der Waals surface area contributed by atoms with Gasteiger partial charge in [-0.2, -0.15) is 0 Å². The van der Waals surface area contributed by atoms with Gasteiger partial charge in [0.2, 0.25) is 5.88 Å². The molecule has 0 saturated carbocycles. The molecule has 13 heteroatoms. The van der Waals surface area contributed by atoms with Gasteiger partial charge in [0.15, 0.2) is 11.6 Å². The summed E-state index contributed by atoms with van der Waals surface area (Å²) in [6.07, 6.45) is 0. The summed E-state index contributed by atoms with van der Waals surface area (Å²) in [4.78, 5) is 9.06. The number of para-hydroxylation sites is 2. The summed E-state index contributed by atoms with van der Waals surface area (Å²) in [5, 5.41) is 6.79. The molecule has 194 valence electrons. The zero-order chi connectivity index (χ0) is 26.9. The molecule has 3 aromatic carbocycles. The smallest absolute Gasteiger partial charge is 0.264 e. The maximum atomic E-state index is 13.0. The number of sulfonamides is 2. The molecule has 5 rings (SSSR count). The van der Waals surface area contributed by atoms with E-state index in [0.717, 1.165) is 0 Å². The van der Waals surface area contributed by atoms with E-state index in [9.17, 15) is 16.8 Å². The second-order valence-corrected chi connectivity index (χ2v) is 11.7. The summed E-state index contributed by atoms with van der Waals surface area (Å²) in [6.45, 7) is 3.41. The normalized spacial score (nSPS) is 11.8. The first-order chi connectivity index (χ1) is 18.1. The molecular formula is C25H22N6O5S2. The highest BCUT2D eigenvalue weighted by Gasteiger charge is 2.21. The van der Waals surface area contributed by atoms with E-state index >= 15 is 0 Å². The van der Waals surface area contributed by atoms with Crippen molar-refractivity contribution in [1.29, 1.82) is 0 Å². The molecule has 11 nitrogen and oxygen atoms in total. The molecule has 2 heterocycles. The molecule has 0 spiro atoms. The second kappa shape index (κ2) is 9.76. The number of nitrogens with zero attached hydrogens (tertiary/aromatic N) is 3. The number of aromatic nitrogens is 3. The van der Waals surface area contributed by atoms with Crippen LogP contribution >= 0.6 is 0 Å². The minimum absolute atomic E-state index is 0.00824. The summed E-state index contributed by atoms with van der Waals surface area (Å²) < 4.78 is 61.5. The average molecular weight is 551 g/mol. The van der Waals surface area contributed by atoms with Crippen LogP contribution in [0.5, 0.6) is 0 Å².